The minimum atomic E-state index is 0.767. The zero-order valence-corrected chi connectivity index (χ0v) is 16.3. The van der Waals surface area contributed by atoms with E-state index in [0.717, 1.165) is 36.7 Å². The molecular formula is C24H36O. The normalized spacial score (nSPS) is 30.6. The van der Waals surface area contributed by atoms with Crippen molar-refractivity contribution >= 4 is 0 Å². The fourth-order valence-corrected chi connectivity index (χ4v) is 5.10. The molecule has 2 aliphatic carbocycles. The summed E-state index contributed by atoms with van der Waals surface area (Å²) in [6, 6.07) is 9.45. The molecule has 25 heavy (non-hydrogen) atoms. The maximum absolute atomic E-state index is 5.12. The molecule has 1 aromatic rings. The first kappa shape index (κ1) is 18.7. The van der Waals surface area contributed by atoms with Crippen LogP contribution in [0, 0.1) is 17.8 Å². The molecule has 0 aromatic heterocycles. The highest BCUT2D eigenvalue weighted by Crippen LogP contribution is 2.44. The maximum atomic E-state index is 5.12. The quantitative estimate of drug-likeness (QED) is 0.535. The van der Waals surface area contributed by atoms with Crippen LogP contribution in [0.3, 0.4) is 0 Å². The van der Waals surface area contributed by atoms with Crippen LogP contribution in [0.5, 0.6) is 0 Å². The van der Waals surface area contributed by atoms with E-state index in [1.807, 2.05) is 0 Å². The lowest BCUT2D eigenvalue weighted by Gasteiger charge is -2.37. The van der Waals surface area contributed by atoms with Crippen molar-refractivity contribution in [3.05, 3.63) is 47.5 Å². The predicted molar refractivity (Wildman–Crippen MR) is 107 cm³/mol. The van der Waals surface area contributed by atoms with E-state index < -0.39 is 0 Å². The lowest BCUT2D eigenvalue weighted by molar-refractivity contribution is 0.171. The topological polar surface area (TPSA) is 9.23 Å². The monoisotopic (exact) mass is 340 g/mol. The molecule has 2 saturated carbocycles. The van der Waals surface area contributed by atoms with Crippen LogP contribution in [0.2, 0.25) is 0 Å². The van der Waals surface area contributed by atoms with Crippen LogP contribution in [0.15, 0.2) is 36.4 Å². The van der Waals surface area contributed by atoms with Gasteiger partial charge in [-0.25, -0.2) is 0 Å². The van der Waals surface area contributed by atoms with Crippen LogP contribution < -0.4 is 0 Å². The Morgan fingerprint density at radius 3 is 2.04 bits per heavy atom. The Labute approximate surface area is 154 Å². The second kappa shape index (κ2) is 9.57. The lowest BCUT2D eigenvalue weighted by atomic mass is 9.68. The summed E-state index contributed by atoms with van der Waals surface area (Å²) in [5.41, 5.74) is 3.05. The predicted octanol–water partition coefficient (Wildman–Crippen LogP) is 6.53. The van der Waals surface area contributed by atoms with Gasteiger partial charge in [-0.15, -0.1) is 0 Å². The lowest BCUT2D eigenvalue weighted by Crippen LogP contribution is -2.25. The molecule has 2 fully saturated rings. The maximum Gasteiger partial charge on any atom is 0.0643 e. The van der Waals surface area contributed by atoms with Gasteiger partial charge < -0.3 is 4.74 Å². The molecule has 0 heterocycles. The zero-order valence-electron chi connectivity index (χ0n) is 16.3. The van der Waals surface area contributed by atoms with Gasteiger partial charge in [0.15, 0.2) is 0 Å². The van der Waals surface area contributed by atoms with Crippen LogP contribution in [-0.2, 0) is 11.2 Å². The zero-order chi connectivity index (χ0) is 17.5. The minimum Gasteiger partial charge on any atom is -0.381 e. The Hall–Kier alpha value is -1.08. The molecule has 0 radical (unpaired) electrons. The van der Waals surface area contributed by atoms with Crippen molar-refractivity contribution in [2.24, 2.45) is 17.8 Å². The van der Waals surface area contributed by atoms with Crippen molar-refractivity contribution in [3.63, 3.8) is 0 Å². The summed E-state index contributed by atoms with van der Waals surface area (Å²) in [6.07, 6.45) is 17.2. The number of hydrogen-bond donors (Lipinski definition) is 0. The van der Waals surface area contributed by atoms with Gasteiger partial charge in [-0.1, -0.05) is 43.3 Å². The van der Waals surface area contributed by atoms with Gasteiger partial charge >= 0.3 is 0 Å². The highest BCUT2D eigenvalue weighted by Gasteiger charge is 2.30. The Balaban J connectivity index is 1.43. The van der Waals surface area contributed by atoms with E-state index >= 15 is 0 Å². The average Bonchev–Trinajstić information content (AvgIpc) is 2.69. The molecule has 1 heteroatoms. The molecule has 0 N–H and O–H groups in total. The molecule has 3 rings (SSSR count). The summed E-state index contributed by atoms with van der Waals surface area (Å²) in [4.78, 5) is 0. The fraction of sp³-hybridized carbons (Fsp3) is 0.667. The number of allylic oxidation sites excluding steroid dienone is 1. The first-order valence-electron chi connectivity index (χ1n) is 10.5. The minimum absolute atomic E-state index is 0.767. The summed E-state index contributed by atoms with van der Waals surface area (Å²) in [6.45, 7) is 3.01. The van der Waals surface area contributed by atoms with E-state index in [-0.39, 0.29) is 0 Å². The molecule has 0 saturated heterocycles. The van der Waals surface area contributed by atoms with Crippen molar-refractivity contribution in [2.75, 3.05) is 13.7 Å². The third-order valence-corrected chi connectivity index (χ3v) is 6.79. The highest BCUT2D eigenvalue weighted by atomic mass is 16.5. The molecule has 0 spiro atoms. The van der Waals surface area contributed by atoms with Crippen molar-refractivity contribution < 1.29 is 4.74 Å². The van der Waals surface area contributed by atoms with Crippen molar-refractivity contribution in [3.8, 4) is 0 Å². The highest BCUT2D eigenvalue weighted by molar-refractivity contribution is 5.25. The van der Waals surface area contributed by atoms with Gasteiger partial charge in [0.2, 0.25) is 0 Å². The number of hydrogen-bond acceptors (Lipinski definition) is 1. The van der Waals surface area contributed by atoms with E-state index in [2.05, 4.69) is 43.3 Å². The number of aryl methyl sites for hydroxylation is 1. The molecule has 1 nitrogen and oxygen atoms in total. The summed E-state index contributed by atoms with van der Waals surface area (Å²) in [5.74, 6) is 3.61. The van der Waals surface area contributed by atoms with Gasteiger partial charge in [-0.2, -0.15) is 0 Å². The van der Waals surface area contributed by atoms with E-state index in [9.17, 15) is 0 Å². The summed E-state index contributed by atoms with van der Waals surface area (Å²) >= 11 is 0. The van der Waals surface area contributed by atoms with Crippen LogP contribution >= 0.6 is 0 Å². The van der Waals surface area contributed by atoms with Crippen molar-refractivity contribution in [1.82, 2.24) is 0 Å². The van der Waals surface area contributed by atoms with E-state index in [0.29, 0.717) is 0 Å². The van der Waals surface area contributed by atoms with Gasteiger partial charge in [0.1, 0.15) is 0 Å². The van der Waals surface area contributed by atoms with Gasteiger partial charge in [0.05, 0.1) is 6.61 Å². The van der Waals surface area contributed by atoms with E-state index in [1.54, 1.807) is 12.7 Å². The number of benzene rings is 1. The summed E-state index contributed by atoms with van der Waals surface area (Å²) in [5, 5.41) is 0. The van der Waals surface area contributed by atoms with Crippen LogP contribution in [-0.4, -0.2) is 13.7 Å². The first-order chi connectivity index (χ1) is 12.3. The van der Waals surface area contributed by atoms with Crippen molar-refractivity contribution in [1.29, 1.82) is 0 Å². The van der Waals surface area contributed by atoms with Crippen LogP contribution in [0.25, 0.3) is 0 Å². The summed E-state index contributed by atoms with van der Waals surface area (Å²) in [7, 11) is 1.77. The number of methoxy groups -OCH3 is 1. The number of rotatable bonds is 6. The third-order valence-electron chi connectivity index (χ3n) is 6.79. The van der Waals surface area contributed by atoms with Crippen molar-refractivity contribution in [2.45, 2.75) is 70.6 Å². The second-order valence-electron chi connectivity index (χ2n) is 8.27. The molecule has 0 atom stereocenters. The first-order valence-corrected chi connectivity index (χ1v) is 10.5. The number of ether oxygens (including phenoxy) is 1. The SMILES string of the molecule is CCc1ccc([C@H]2CC[C@H]([C@H]3CC[C@H](C=CCOC)CC3)CC2)cc1. The van der Waals surface area contributed by atoms with Gasteiger partial charge in [0, 0.05) is 7.11 Å². The average molecular weight is 341 g/mol. The Morgan fingerprint density at radius 2 is 1.48 bits per heavy atom. The molecule has 1 aromatic carbocycles. The van der Waals surface area contributed by atoms with E-state index in [4.69, 9.17) is 4.74 Å². The Bertz CT molecular complexity index is 514. The van der Waals surface area contributed by atoms with Gasteiger partial charge in [-0.3, -0.25) is 0 Å². The molecular weight excluding hydrogens is 304 g/mol. The summed E-state index contributed by atoms with van der Waals surface area (Å²) < 4.78 is 5.12. The molecule has 2 aliphatic rings. The van der Waals surface area contributed by atoms with Gasteiger partial charge in [-0.05, 0) is 92.6 Å². The Kier molecular flexibility index (Phi) is 7.16. The van der Waals surface area contributed by atoms with E-state index in [1.165, 1.54) is 56.9 Å². The standard InChI is InChI=1S/C24H36O/c1-3-19-6-10-21(11-7-19)23-14-16-24(17-15-23)22-12-8-20(9-13-22)5-4-18-25-2/h4-7,10-11,20,22-24H,3,8-9,12-18H2,1-2H3/t20-,22-,23-,24-. The van der Waals surface area contributed by atoms with Gasteiger partial charge in [0.25, 0.3) is 0 Å². The van der Waals surface area contributed by atoms with Crippen LogP contribution in [0.1, 0.15) is 75.3 Å². The molecule has 0 bridgehead atoms. The molecule has 138 valence electrons. The second-order valence-corrected chi connectivity index (χ2v) is 8.27. The van der Waals surface area contributed by atoms with Crippen LogP contribution in [0.4, 0.5) is 0 Å². The molecule has 0 unspecified atom stereocenters. The largest absolute Gasteiger partial charge is 0.381 e. The Morgan fingerprint density at radius 1 is 0.880 bits per heavy atom. The third kappa shape index (κ3) is 5.20. The smallest absolute Gasteiger partial charge is 0.0643 e. The molecule has 0 aliphatic heterocycles. The molecule has 0 amide bonds. The fourth-order valence-electron chi connectivity index (χ4n) is 5.10.